The largest absolute Gasteiger partial charge is 0.396 e. The summed E-state index contributed by atoms with van der Waals surface area (Å²) in [5.74, 6) is -0.326. The molecule has 1 rings (SSSR count). The summed E-state index contributed by atoms with van der Waals surface area (Å²) < 4.78 is 12.7. The summed E-state index contributed by atoms with van der Waals surface area (Å²) in [6.45, 7) is 3.50. The number of nitrogens with zero attached hydrogens (tertiary/aromatic N) is 1. The van der Waals surface area contributed by atoms with Crippen LogP contribution in [-0.2, 0) is 0 Å². The Hall–Kier alpha value is -0.960. The van der Waals surface area contributed by atoms with Crippen LogP contribution < -0.4 is 0 Å². The molecule has 0 aliphatic rings. The van der Waals surface area contributed by atoms with Crippen LogP contribution in [0.5, 0.6) is 0 Å². The fourth-order valence-corrected chi connectivity index (χ4v) is 0.931. The first-order valence-corrected chi connectivity index (χ1v) is 3.89. The van der Waals surface area contributed by atoms with Crippen LogP contribution in [0, 0.1) is 12.7 Å². The molecule has 0 fully saturated rings. The number of rotatable bonds is 2. The standard InChI is InChI=1S/C9H12FNO/c1-6(5-12)9-4-3-8(10)7(2)11-9/h3-4,6,12H,5H2,1-2H3. The maximum atomic E-state index is 12.7. The van der Waals surface area contributed by atoms with Crippen molar-refractivity contribution in [3.63, 3.8) is 0 Å². The lowest BCUT2D eigenvalue weighted by Gasteiger charge is -2.07. The molecule has 2 nitrogen and oxygen atoms in total. The van der Waals surface area contributed by atoms with Crippen LogP contribution in [0.3, 0.4) is 0 Å². The SMILES string of the molecule is Cc1nc(C(C)CO)ccc1F. The summed E-state index contributed by atoms with van der Waals surface area (Å²) >= 11 is 0. The maximum Gasteiger partial charge on any atom is 0.144 e. The van der Waals surface area contributed by atoms with Crippen LogP contribution in [0.4, 0.5) is 4.39 Å². The summed E-state index contributed by atoms with van der Waals surface area (Å²) in [6, 6.07) is 2.98. The van der Waals surface area contributed by atoms with Gasteiger partial charge in [-0.3, -0.25) is 4.98 Å². The van der Waals surface area contributed by atoms with E-state index in [1.807, 2.05) is 6.92 Å². The molecule has 66 valence electrons. The van der Waals surface area contributed by atoms with Gasteiger partial charge in [-0.15, -0.1) is 0 Å². The predicted octanol–water partition coefficient (Wildman–Crippen LogP) is 1.62. The normalized spacial score (nSPS) is 13.0. The Labute approximate surface area is 71.1 Å². The average Bonchev–Trinajstić information content (AvgIpc) is 2.08. The number of halogens is 1. The van der Waals surface area contributed by atoms with Gasteiger partial charge in [-0.25, -0.2) is 4.39 Å². The van der Waals surface area contributed by atoms with E-state index < -0.39 is 0 Å². The highest BCUT2D eigenvalue weighted by atomic mass is 19.1. The van der Waals surface area contributed by atoms with Gasteiger partial charge in [0.2, 0.25) is 0 Å². The molecule has 12 heavy (non-hydrogen) atoms. The van der Waals surface area contributed by atoms with Gasteiger partial charge in [-0.05, 0) is 19.1 Å². The lowest BCUT2D eigenvalue weighted by molar-refractivity contribution is 0.271. The number of aliphatic hydroxyl groups excluding tert-OH is 1. The van der Waals surface area contributed by atoms with E-state index in [1.54, 1.807) is 13.0 Å². The number of aliphatic hydroxyl groups is 1. The lowest BCUT2D eigenvalue weighted by atomic mass is 10.1. The summed E-state index contributed by atoms with van der Waals surface area (Å²) in [6.07, 6.45) is 0. The fraction of sp³-hybridized carbons (Fsp3) is 0.444. The van der Waals surface area contributed by atoms with E-state index in [0.29, 0.717) is 5.69 Å². The van der Waals surface area contributed by atoms with Crippen LogP contribution in [0.15, 0.2) is 12.1 Å². The van der Waals surface area contributed by atoms with Gasteiger partial charge in [-0.2, -0.15) is 0 Å². The van der Waals surface area contributed by atoms with Gasteiger partial charge < -0.3 is 5.11 Å². The number of aromatic nitrogens is 1. The quantitative estimate of drug-likeness (QED) is 0.729. The highest BCUT2D eigenvalue weighted by Gasteiger charge is 2.06. The molecule has 1 atom stereocenters. The molecular weight excluding hydrogens is 157 g/mol. The fourth-order valence-electron chi connectivity index (χ4n) is 0.931. The first kappa shape index (κ1) is 9.13. The van der Waals surface area contributed by atoms with Crippen molar-refractivity contribution in [3.05, 3.63) is 29.3 Å². The smallest absolute Gasteiger partial charge is 0.144 e. The molecule has 1 aromatic heterocycles. The van der Waals surface area contributed by atoms with Crippen LogP contribution >= 0.6 is 0 Å². The summed E-state index contributed by atoms with van der Waals surface area (Å²) in [7, 11) is 0. The number of hydrogen-bond acceptors (Lipinski definition) is 2. The van der Waals surface area contributed by atoms with E-state index in [-0.39, 0.29) is 18.3 Å². The van der Waals surface area contributed by atoms with Crippen molar-refractivity contribution in [2.24, 2.45) is 0 Å². The van der Waals surface area contributed by atoms with E-state index in [9.17, 15) is 4.39 Å². The van der Waals surface area contributed by atoms with Crippen molar-refractivity contribution < 1.29 is 9.50 Å². The zero-order valence-corrected chi connectivity index (χ0v) is 7.21. The zero-order valence-electron chi connectivity index (χ0n) is 7.21. The van der Waals surface area contributed by atoms with E-state index in [4.69, 9.17) is 5.11 Å². The Morgan fingerprint density at radius 1 is 1.58 bits per heavy atom. The number of pyridine rings is 1. The highest BCUT2D eigenvalue weighted by molar-refractivity contribution is 5.15. The molecule has 0 amide bonds. The van der Waals surface area contributed by atoms with Crippen LogP contribution in [-0.4, -0.2) is 16.7 Å². The highest BCUT2D eigenvalue weighted by Crippen LogP contribution is 2.13. The van der Waals surface area contributed by atoms with Gasteiger partial charge in [0, 0.05) is 11.6 Å². The van der Waals surface area contributed by atoms with Crippen molar-refractivity contribution in [1.82, 2.24) is 4.98 Å². The van der Waals surface area contributed by atoms with E-state index in [2.05, 4.69) is 4.98 Å². The minimum Gasteiger partial charge on any atom is -0.396 e. The van der Waals surface area contributed by atoms with E-state index >= 15 is 0 Å². The molecule has 1 N–H and O–H groups in total. The van der Waals surface area contributed by atoms with Gasteiger partial charge in [-0.1, -0.05) is 6.92 Å². The second-order valence-electron chi connectivity index (χ2n) is 2.89. The minimum atomic E-state index is -0.302. The van der Waals surface area contributed by atoms with Crippen molar-refractivity contribution >= 4 is 0 Å². The molecule has 0 radical (unpaired) electrons. The first-order valence-electron chi connectivity index (χ1n) is 3.89. The predicted molar refractivity (Wildman–Crippen MR) is 44.4 cm³/mol. The molecule has 0 saturated heterocycles. The Balaban J connectivity index is 2.96. The molecule has 1 aromatic rings. The summed E-state index contributed by atoms with van der Waals surface area (Å²) in [5.41, 5.74) is 1.12. The molecule has 0 saturated carbocycles. The summed E-state index contributed by atoms with van der Waals surface area (Å²) in [5, 5.41) is 8.81. The monoisotopic (exact) mass is 169 g/mol. The van der Waals surface area contributed by atoms with E-state index in [1.165, 1.54) is 6.07 Å². The van der Waals surface area contributed by atoms with Gasteiger partial charge in [0.15, 0.2) is 0 Å². The Kier molecular flexibility index (Phi) is 2.76. The second-order valence-corrected chi connectivity index (χ2v) is 2.89. The molecule has 3 heteroatoms. The summed E-state index contributed by atoms with van der Waals surface area (Å²) in [4.78, 5) is 4.01. The van der Waals surface area contributed by atoms with Gasteiger partial charge in [0.05, 0.1) is 12.3 Å². The second kappa shape index (κ2) is 3.63. The molecular formula is C9H12FNO. The third-order valence-corrected chi connectivity index (χ3v) is 1.82. The molecule has 0 aromatic carbocycles. The van der Waals surface area contributed by atoms with Crippen molar-refractivity contribution in [2.75, 3.05) is 6.61 Å². The van der Waals surface area contributed by atoms with E-state index in [0.717, 1.165) is 5.69 Å². The van der Waals surface area contributed by atoms with Crippen LogP contribution in [0.2, 0.25) is 0 Å². The lowest BCUT2D eigenvalue weighted by Crippen LogP contribution is -2.03. The molecule has 1 heterocycles. The number of hydrogen-bond donors (Lipinski definition) is 1. The van der Waals surface area contributed by atoms with Crippen molar-refractivity contribution in [1.29, 1.82) is 0 Å². The average molecular weight is 169 g/mol. The first-order chi connectivity index (χ1) is 5.65. The third kappa shape index (κ3) is 1.80. The molecule has 0 aliphatic heterocycles. The van der Waals surface area contributed by atoms with Crippen molar-refractivity contribution in [3.8, 4) is 0 Å². The third-order valence-electron chi connectivity index (χ3n) is 1.82. The van der Waals surface area contributed by atoms with Gasteiger partial charge in [0.25, 0.3) is 0 Å². The molecule has 0 bridgehead atoms. The maximum absolute atomic E-state index is 12.7. The van der Waals surface area contributed by atoms with Crippen LogP contribution in [0.25, 0.3) is 0 Å². The molecule has 1 unspecified atom stereocenters. The molecule has 0 aliphatic carbocycles. The Bertz CT molecular complexity index is 275. The van der Waals surface area contributed by atoms with Crippen molar-refractivity contribution in [2.45, 2.75) is 19.8 Å². The zero-order chi connectivity index (χ0) is 9.14. The topological polar surface area (TPSA) is 33.1 Å². The van der Waals surface area contributed by atoms with Crippen LogP contribution in [0.1, 0.15) is 24.2 Å². The minimum absolute atomic E-state index is 0.0238. The molecule has 0 spiro atoms. The Morgan fingerprint density at radius 3 is 2.75 bits per heavy atom. The Morgan fingerprint density at radius 2 is 2.25 bits per heavy atom. The van der Waals surface area contributed by atoms with Gasteiger partial charge >= 0.3 is 0 Å². The van der Waals surface area contributed by atoms with Gasteiger partial charge in [0.1, 0.15) is 5.82 Å². The number of aryl methyl sites for hydroxylation is 1.